The van der Waals surface area contributed by atoms with E-state index >= 15 is 0 Å². The fourth-order valence-electron chi connectivity index (χ4n) is 1.54. The molecule has 1 atom stereocenters. The first-order valence-electron chi connectivity index (χ1n) is 5.06. The summed E-state index contributed by atoms with van der Waals surface area (Å²) in [6.07, 6.45) is 9.06. The highest BCUT2D eigenvalue weighted by molar-refractivity contribution is 5.14. The van der Waals surface area contributed by atoms with Crippen LogP contribution >= 0.6 is 0 Å². The van der Waals surface area contributed by atoms with Crippen LogP contribution in [0.1, 0.15) is 30.9 Å². The maximum absolute atomic E-state index is 4.01. The molecule has 1 N–H and O–H groups in total. The largest absolute Gasteiger partial charge is 0.313 e. The van der Waals surface area contributed by atoms with Gasteiger partial charge in [-0.3, -0.25) is 4.98 Å². The summed E-state index contributed by atoms with van der Waals surface area (Å²) >= 11 is 0. The second-order valence-electron chi connectivity index (χ2n) is 3.34. The fourth-order valence-corrected chi connectivity index (χ4v) is 1.54. The van der Waals surface area contributed by atoms with Crippen LogP contribution in [0.25, 0.3) is 0 Å². The van der Waals surface area contributed by atoms with Crippen molar-refractivity contribution in [3.05, 3.63) is 42.7 Å². The van der Waals surface area contributed by atoms with Crippen LogP contribution in [0.4, 0.5) is 0 Å². The number of allylic oxidation sites excluding steroid dienone is 1. The van der Waals surface area contributed by atoms with Gasteiger partial charge in [0.2, 0.25) is 0 Å². The average Bonchev–Trinajstić information content (AvgIpc) is 2.26. The molecule has 1 rings (SSSR count). The summed E-state index contributed by atoms with van der Waals surface area (Å²) in [7, 11) is 2.00. The van der Waals surface area contributed by atoms with E-state index in [4.69, 9.17) is 0 Å². The number of hydrogen-bond donors (Lipinski definition) is 1. The van der Waals surface area contributed by atoms with Crippen LogP contribution in [-0.2, 0) is 0 Å². The first-order valence-corrected chi connectivity index (χ1v) is 5.06. The van der Waals surface area contributed by atoms with E-state index in [0.29, 0.717) is 6.04 Å². The van der Waals surface area contributed by atoms with Crippen LogP contribution < -0.4 is 5.32 Å². The first-order chi connectivity index (χ1) is 6.88. The van der Waals surface area contributed by atoms with Crippen molar-refractivity contribution in [3.8, 4) is 0 Å². The molecule has 0 radical (unpaired) electrons. The Hall–Kier alpha value is -1.15. The summed E-state index contributed by atoms with van der Waals surface area (Å²) < 4.78 is 0. The van der Waals surface area contributed by atoms with Gasteiger partial charge in [-0.15, -0.1) is 6.58 Å². The molecule has 0 saturated carbocycles. The zero-order valence-electron chi connectivity index (χ0n) is 8.74. The number of pyridine rings is 1. The summed E-state index contributed by atoms with van der Waals surface area (Å²) in [5.41, 5.74) is 1.31. The third-order valence-electron chi connectivity index (χ3n) is 2.36. The van der Waals surface area contributed by atoms with Crippen molar-refractivity contribution in [2.24, 2.45) is 0 Å². The summed E-state index contributed by atoms with van der Waals surface area (Å²) in [5.74, 6) is 0. The molecule has 0 aliphatic heterocycles. The van der Waals surface area contributed by atoms with Gasteiger partial charge in [0, 0.05) is 18.4 Å². The Bertz CT molecular complexity index is 256. The van der Waals surface area contributed by atoms with E-state index in [1.807, 2.05) is 25.5 Å². The lowest BCUT2D eigenvalue weighted by atomic mass is 10.0. The number of nitrogens with one attached hydrogen (secondary N) is 1. The van der Waals surface area contributed by atoms with Crippen molar-refractivity contribution in [1.29, 1.82) is 0 Å². The maximum Gasteiger partial charge on any atom is 0.0318 e. The molecule has 1 aromatic heterocycles. The molecule has 1 heterocycles. The molecule has 1 unspecified atom stereocenters. The molecule has 14 heavy (non-hydrogen) atoms. The lowest BCUT2D eigenvalue weighted by molar-refractivity contribution is 0.529. The monoisotopic (exact) mass is 190 g/mol. The predicted octanol–water partition coefficient (Wildman–Crippen LogP) is 2.70. The molecule has 0 aliphatic rings. The minimum Gasteiger partial charge on any atom is -0.313 e. The van der Waals surface area contributed by atoms with E-state index in [1.54, 1.807) is 0 Å². The second kappa shape index (κ2) is 6.33. The van der Waals surface area contributed by atoms with Crippen LogP contribution in [0, 0.1) is 0 Å². The van der Waals surface area contributed by atoms with Crippen molar-refractivity contribution in [2.45, 2.75) is 25.3 Å². The van der Waals surface area contributed by atoms with E-state index in [0.717, 1.165) is 12.8 Å². The van der Waals surface area contributed by atoms with Gasteiger partial charge in [0.1, 0.15) is 0 Å². The molecule has 0 saturated heterocycles. The highest BCUT2D eigenvalue weighted by Gasteiger charge is 2.06. The van der Waals surface area contributed by atoms with E-state index in [-0.39, 0.29) is 0 Å². The minimum absolute atomic E-state index is 0.443. The first kappa shape index (κ1) is 10.9. The van der Waals surface area contributed by atoms with Crippen LogP contribution in [0.2, 0.25) is 0 Å². The molecule has 76 valence electrons. The molecular formula is C12H18N2. The molecule has 0 bridgehead atoms. The Kier molecular flexibility index (Phi) is 4.94. The van der Waals surface area contributed by atoms with Gasteiger partial charge in [0.15, 0.2) is 0 Å². The van der Waals surface area contributed by atoms with Crippen molar-refractivity contribution in [2.75, 3.05) is 7.05 Å². The van der Waals surface area contributed by atoms with Gasteiger partial charge in [0.25, 0.3) is 0 Å². The van der Waals surface area contributed by atoms with Gasteiger partial charge < -0.3 is 5.32 Å². The van der Waals surface area contributed by atoms with Crippen molar-refractivity contribution in [3.63, 3.8) is 0 Å². The molecule has 0 aliphatic carbocycles. The lowest BCUT2D eigenvalue weighted by Gasteiger charge is -2.15. The number of nitrogens with zero attached hydrogens (tertiary/aromatic N) is 1. The van der Waals surface area contributed by atoms with Crippen LogP contribution in [-0.4, -0.2) is 12.0 Å². The Morgan fingerprint density at radius 2 is 2.21 bits per heavy atom. The van der Waals surface area contributed by atoms with Gasteiger partial charge >= 0.3 is 0 Å². The predicted molar refractivity (Wildman–Crippen MR) is 60.1 cm³/mol. The Morgan fingerprint density at radius 3 is 2.79 bits per heavy atom. The van der Waals surface area contributed by atoms with Crippen molar-refractivity contribution >= 4 is 0 Å². The molecule has 2 nitrogen and oxygen atoms in total. The van der Waals surface area contributed by atoms with E-state index < -0.39 is 0 Å². The smallest absolute Gasteiger partial charge is 0.0318 e. The zero-order valence-corrected chi connectivity index (χ0v) is 8.74. The molecule has 0 fully saturated rings. The van der Waals surface area contributed by atoms with Gasteiger partial charge in [0.05, 0.1) is 0 Å². The van der Waals surface area contributed by atoms with Crippen LogP contribution in [0.3, 0.4) is 0 Å². The highest BCUT2D eigenvalue weighted by Crippen LogP contribution is 2.17. The Morgan fingerprint density at radius 1 is 1.50 bits per heavy atom. The minimum atomic E-state index is 0.443. The number of rotatable bonds is 6. The number of hydrogen-bond acceptors (Lipinski definition) is 2. The third kappa shape index (κ3) is 3.30. The highest BCUT2D eigenvalue weighted by atomic mass is 14.9. The summed E-state index contributed by atoms with van der Waals surface area (Å²) in [5, 5.41) is 3.32. The summed E-state index contributed by atoms with van der Waals surface area (Å²) in [4.78, 5) is 4.01. The number of unbranched alkanes of at least 4 members (excludes halogenated alkanes) is 1. The topological polar surface area (TPSA) is 24.9 Å². The molecule has 1 aromatic rings. The zero-order chi connectivity index (χ0) is 10.2. The van der Waals surface area contributed by atoms with Gasteiger partial charge in [-0.1, -0.05) is 6.08 Å². The van der Waals surface area contributed by atoms with E-state index in [2.05, 4.69) is 29.0 Å². The van der Waals surface area contributed by atoms with Gasteiger partial charge in [-0.05, 0) is 44.0 Å². The van der Waals surface area contributed by atoms with Gasteiger partial charge in [-0.25, -0.2) is 0 Å². The normalized spacial score (nSPS) is 12.4. The third-order valence-corrected chi connectivity index (χ3v) is 2.36. The van der Waals surface area contributed by atoms with Crippen molar-refractivity contribution < 1.29 is 0 Å². The van der Waals surface area contributed by atoms with E-state index in [9.17, 15) is 0 Å². The molecular weight excluding hydrogens is 172 g/mol. The quantitative estimate of drug-likeness (QED) is 0.551. The summed E-state index contributed by atoms with van der Waals surface area (Å²) in [6.45, 7) is 3.73. The average molecular weight is 190 g/mol. The Balaban J connectivity index is 2.50. The van der Waals surface area contributed by atoms with E-state index in [1.165, 1.54) is 12.0 Å². The Labute approximate surface area is 86.1 Å². The van der Waals surface area contributed by atoms with Gasteiger partial charge in [-0.2, -0.15) is 0 Å². The fraction of sp³-hybridized carbons (Fsp3) is 0.417. The summed E-state index contributed by atoms with van der Waals surface area (Å²) in [6, 6.07) is 4.57. The SMILES string of the molecule is C=CCCCC(NC)c1ccncc1. The molecule has 0 amide bonds. The van der Waals surface area contributed by atoms with Crippen LogP contribution in [0.15, 0.2) is 37.2 Å². The molecule has 0 spiro atoms. The second-order valence-corrected chi connectivity index (χ2v) is 3.34. The maximum atomic E-state index is 4.01. The standard InChI is InChI=1S/C12H18N2/c1-3-4-5-6-12(13-2)11-7-9-14-10-8-11/h3,7-10,12-13H,1,4-6H2,2H3. The van der Waals surface area contributed by atoms with Crippen LogP contribution in [0.5, 0.6) is 0 Å². The van der Waals surface area contributed by atoms with Crippen molar-refractivity contribution in [1.82, 2.24) is 10.3 Å². The molecule has 2 heteroatoms. The number of aromatic nitrogens is 1. The lowest BCUT2D eigenvalue weighted by Crippen LogP contribution is -2.16. The molecule has 0 aromatic carbocycles.